The molecule has 0 radical (unpaired) electrons. The molecular weight excluding hydrogens is 298 g/mol. The first-order chi connectivity index (χ1) is 11.7. The van der Waals surface area contributed by atoms with Gasteiger partial charge >= 0.3 is 0 Å². The maximum atomic E-state index is 6.05. The van der Waals surface area contributed by atoms with Crippen LogP contribution in [0.5, 0.6) is 11.5 Å². The summed E-state index contributed by atoms with van der Waals surface area (Å²) in [6, 6.07) is 8.41. The van der Waals surface area contributed by atoms with Gasteiger partial charge in [-0.15, -0.1) is 0 Å². The molecule has 0 fully saturated rings. The van der Waals surface area contributed by atoms with E-state index in [1.807, 2.05) is 6.07 Å². The lowest BCUT2D eigenvalue weighted by atomic mass is 9.99. The smallest absolute Gasteiger partial charge is 0.133 e. The van der Waals surface area contributed by atoms with Crippen molar-refractivity contribution in [3.63, 3.8) is 0 Å². The summed E-state index contributed by atoms with van der Waals surface area (Å²) in [5, 5.41) is 2.36. The predicted molar refractivity (Wildman–Crippen MR) is 100 cm³/mol. The van der Waals surface area contributed by atoms with Crippen LogP contribution in [0.2, 0.25) is 0 Å². The molecule has 2 aromatic carbocycles. The third-order valence-corrected chi connectivity index (χ3v) is 4.80. The Kier molecular flexibility index (Phi) is 3.72. The van der Waals surface area contributed by atoms with E-state index in [1.54, 1.807) is 0 Å². The van der Waals surface area contributed by atoms with E-state index in [0.29, 0.717) is 6.61 Å². The third kappa shape index (κ3) is 2.35. The molecule has 0 aliphatic carbocycles. The lowest BCUT2D eigenvalue weighted by Gasteiger charge is -2.10. The molecule has 0 bridgehead atoms. The van der Waals surface area contributed by atoms with Crippen molar-refractivity contribution in [1.29, 1.82) is 0 Å². The quantitative estimate of drug-likeness (QED) is 0.620. The van der Waals surface area contributed by atoms with Crippen molar-refractivity contribution in [2.45, 2.75) is 33.1 Å². The molecule has 0 saturated carbocycles. The number of H-pyrrole nitrogens is 1. The number of aromatic amines is 1. The molecule has 124 valence electrons. The average Bonchev–Trinajstić information content (AvgIpc) is 2.90. The summed E-state index contributed by atoms with van der Waals surface area (Å²) in [7, 11) is 0. The highest BCUT2D eigenvalue weighted by molar-refractivity contribution is 6.16. The minimum atomic E-state index is 0.515. The second kappa shape index (κ2) is 5.90. The molecule has 2 heterocycles. The van der Waals surface area contributed by atoms with E-state index in [-0.39, 0.29) is 0 Å². The number of rotatable bonds is 5. The summed E-state index contributed by atoms with van der Waals surface area (Å²) in [5.41, 5.74) is 5.66. The Bertz CT molecular complexity index is 936. The van der Waals surface area contributed by atoms with Crippen LogP contribution in [-0.4, -0.2) is 18.2 Å². The van der Waals surface area contributed by atoms with Crippen LogP contribution in [0.3, 0.4) is 0 Å². The highest BCUT2D eigenvalue weighted by Crippen LogP contribution is 2.42. The molecule has 3 aromatic rings. The number of benzene rings is 2. The molecule has 4 rings (SSSR count). The summed E-state index contributed by atoms with van der Waals surface area (Å²) in [6.07, 6.45) is 3.47. The first-order valence-corrected chi connectivity index (χ1v) is 8.72. The molecular formula is C21H23NO2. The van der Waals surface area contributed by atoms with E-state index in [9.17, 15) is 0 Å². The second-order valence-corrected chi connectivity index (χ2v) is 6.60. The molecule has 0 saturated heterocycles. The van der Waals surface area contributed by atoms with E-state index in [2.05, 4.69) is 43.6 Å². The summed E-state index contributed by atoms with van der Waals surface area (Å²) in [4.78, 5) is 3.56. The SMILES string of the molecule is C=C1COc2cc(OCCCCC)cc3[nH]c4c(C)ccc1c4c23. The summed E-state index contributed by atoms with van der Waals surface area (Å²) >= 11 is 0. The van der Waals surface area contributed by atoms with Gasteiger partial charge in [0.1, 0.15) is 18.1 Å². The number of unbranched alkanes of at least 4 members (excludes halogenated alkanes) is 2. The second-order valence-electron chi connectivity index (χ2n) is 6.60. The van der Waals surface area contributed by atoms with E-state index in [1.165, 1.54) is 34.9 Å². The minimum absolute atomic E-state index is 0.515. The molecule has 0 amide bonds. The van der Waals surface area contributed by atoms with Gasteiger partial charge in [0.15, 0.2) is 0 Å². The number of hydrogen-bond acceptors (Lipinski definition) is 2. The third-order valence-electron chi connectivity index (χ3n) is 4.80. The first-order valence-electron chi connectivity index (χ1n) is 8.72. The van der Waals surface area contributed by atoms with Crippen molar-refractivity contribution in [3.05, 3.63) is 42.0 Å². The van der Waals surface area contributed by atoms with Crippen LogP contribution in [0.25, 0.3) is 27.4 Å². The van der Waals surface area contributed by atoms with Gasteiger partial charge in [-0.05, 0) is 30.0 Å². The van der Waals surface area contributed by atoms with Crippen molar-refractivity contribution in [1.82, 2.24) is 4.98 Å². The van der Waals surface area contributed by atoms with Crippen LogP contribution >= 0.6 is 0 Å². The highest BCUT2D eigenvalue weighted by Gasteiger charge is 2.21. The number of aromatic nitrogens is 1. The maximum absolute atomic E-state index is 6.05. The van der Waals surface area contributed by atoms with Crippen molar-refractivity contribution < 1.29 is 9.47 Å². The van der Waals surface area contributed by atoms with E-state index < -0.39 is 0 Å². The molecule has 0 atom stereocenters. The zero-order valence-electron chi connectivity index (χ0n) is 14.4. The van der Waals surface area contributed by atoms with Gasteiger partial charge in [-0.25, -0.2) is 0 Å². The van der Waals surface area contributed by atoms with Crippen molar-refractivity contribution in [2.75, 3.05) is 13.2 Å². The Labute approximate surface area is 142 Å². The van der Waals surface area contributed by atoms with Gasteiger partial charge in [0.05, 0.1) is 23.0 Å². The van der Waals surface area contributed by atoms with Gasteiger partial charge in [-0.3, -0.25) is 0 Å². The van der Waals surface area contributed by atoms with Crippen LogP contribution in [0.15, 0.2) is 30.8 Å². The van der Waals surface area contributed by atoms with E-state index >= 15 is 0 Å². The largest absolute Gasteiger partial charge is 0.493 e. The fourth-order valence-electron chi connectivity index (χ4n) is 3.49. The van der Waals surface area contributed by atoms with Gasteiger partial charge in [-0.1, -0.05) is 38.5 Å². The summed E-state index contributed by atoms with van der Waals surface area (Å²) in [5.74, 6) is 1.75. The summed E-state index contributed by atoms with van der Waals surface area (Å²) < 4.78 is 12.0. The lowest BCUT2D eigenvalue weighted by Crippen LogP contribution is -2.00. The van der Waals surface area contributed by atoms with Crippen LogP contribution in [0.4, 0.5) is 0 Å². The lowest BCUT2D eigenvalue weighted by molar-refractivity contribution is 0.303. The molecule has 24 heavy (non-hydrogen) atoms. The molecule has 1 aromatic heterocycles. The number of nitrogens with one attached hydrogen (secondary N) is 1. The summed E-state index contributed by atoms with van der Waals surface area (Å²) in [6.45, 7) is 9.79. The Morgan fingerprint density at radius 1 is 1.21 bits per heavy atom. The fourth-order valence-corrected chi connectivity index (χ4v) is 3.49. The zero-order valence-corrected chi connectivity index (χ0v) is 14.4. The molecule has 1 aliphatic rings. The van der Waals surface area contributed by atoms with Crippen LogP contribution < -0.4 is 9.47 Å². The molecule has 3 nitrogen and oxygen atoms in total. The van der Waals surface area contributed by atoms with Gasteiger partial charge < -0.3 is 14.5 Å². The highest BCUT2D eigenvalue weighted by atomic mass is 16.5. The Hall–Kier alpha value is -2.42. The monoisotopic (exact) mass is 321 g/mol. The zero-order chi connectivity index (χ0) is 16.7. The number of hydrogen-bond donors (Lipinski definition) is 1. The maximum Gasteiger partial charge on any atom is 0.133 e. The Balaban J connectivity index is 1.86. The van der Waals surface area contributed by atoms with Crippen molar-refractivity contribution in [2.24, 2.45) is 0 Å². The first kappa shape index (κ1) is 15.1. The van der Waals surface area contributed by atoms with Crippen molar-refractivity contribution >= 4 is 27.4 Å². The standard InChI is InChI=1S/C21H23NO2/c1-4-5-6-9-23-15-10-17-20-18(11-15)24-12-14(3)16-8-7-13(2)21(22-17)19(16)20/h7-8,10-11,22H,3-6,9,12H2,1-2H3. The average molecular weight is 321 g/mol. The molecule has 3 heteroatoms. The van der Waals surface area contributed by atoms with E-state index in [0.717, 1.165) is 41.0 Å². The van der Waals surface area contributed by atoms with Crippen LogP contribution in [0.1, 0.15) is 37.3 Å². The fraction of sp³-hybridized carbons (Fsp3) is 0.333. The normalized spacial score (nSPS) is 13.5. The van der Waals surface area contributed by atoms with Crippen molar-refractivity contribution in [3.8, 4) is 11.5 Å². The van der Waals surface area contributed by atoms with Gasteiger partial charge in [-0.2, -0.15) is 0 Å². The number of aryl methyl sites for hydroxylation is 1. The Morgan fingerprint density at radius 2 is 2.08 bits per heavy atom. The topological polar surface area (TPSA) is 34.2 Å². The number of ether oxygens (including phenoxy) is 2. The minimum Gasteiger partial charge on any atom is -0.493 e. The van der Waals surface area contributed by atoms with Crippen LogP contribution in [0, 0.1) is 6.92 Å². The molecule has 1 aliphatic heterocycles. The molecule has 0 unspecified atom stereocenters. The molecule has 1 N–H and O–H groups in total. The van der Waals surface area contributed by atoms with E-state index in [4.69, 9.17) is 9.47 Å². The van der Waals surface area contributed by atoms with Gasteiger partial charge in [0.25, 0.3) is 0 Å². The molecule has 0 spiro atoms. The predicted octanol–water partition coefficient (Wildman–Crippen LogP) is 5.60. The van der Waals surface area contributed by atoms with Crippen LogP contribution in [-0.2, 0) is 0 Å². The Morgan fingerprint density at radius 3 is 2.92 bits per heavy atom. The van der Waals surface area contributed by atoms with Gasteiger partial charge in [0, 0.05) is 17.5 Å². The van der Waals surface area contributed by atoms with Gasteiger partial charge in [0.2, 0.25) is 0 Å².